The maximum atomic E-state index is 11.8. The zero-order valence-corrected chi connectivity index (χ0v) is 11.6. The van der Waals surface area contributed by atoms with Gasteiger partial charge in [-0.05, 0) is 12.1 Å². The fourth-order valence-electron chi connectivity index (χ4n) is 1.23. The summed E-state index contributed by atoms with van der Waals surface area (Å²) in [6.45, 7) is 0.0348. The number of hydrogen-bond donors (Lipinski definition) is 3. The van der Waals surface area contributed by atoms with Crippen LogP contribution in [0.25, 0.3) is 0 Å². The largest absolute Gasteiger partial charge is 0.351 e. The van der Waals surface area contributed by atoms with Crippen molar-refractivity contribution >= 4 is 21.7 Å². The third-order valence-corrected chi connectivity index (χ3v) is 4.20. The molecule has 1 aromatic rings. The normalized spacial score (nSPS) is 11.4. The molecule has 0 radical (unpaired) electrons. The number of pyridine rings is 1. The Bertz CT molecular complexity index is 544. The first kappa shape index (κ1) is 15.3. The average molecular weight is 287 g/mol. The second kappa shape index (κ2) is 6.45. The number of aromatic nitrogens is 1. The van der Waals surface area contributed by atoms with E-state index in [0.29, 0.717) is 11.4 Å². The molecular weight excluding hydrogens is 270 g/mol. The van der Waals surface area contributed by atoms with Crippen molar-refractivity contribution in [1.82, 2.24) is 14.6 Å². The average Bonchev–Trinajstić information content (AvgIpc) is 2.38. The monoisotopic (exact) mass is 287 g/mol. The van der Waals surface area contributed by atoms with E-state index in [0.717, 1.165) is 4.31 Å². The fraction of sp³-hybridized carbons (Fsp3) is 0.400. The fourth-order valence-corrected chi connectivity index (χ4v) is 1.95. The number of hydrogen-bond acceptors (Lipinski definition) is 6. The van der Waals surface area contributed by atoms with Gasteiger partial charge in [-0.25, -0.2) is 23.5 Å². The number of carbonyl (C=O) groups excluding carboxylic acids is 1. The minimum absolute atomic E-state index is 0.0348. The lowest BCUT2D eigenvalue weighted by Crippen LogP contribution is -2.34. The van der Waals surface area contributed by atoms with Gasteiger partial charge in [-0.1, -0.05) is 0 Å². The highest BCUT2D eigenvalue weighted by Crippen LogP contribution is 2.05. The molecule has 1 amide bonds. The minimum atomic E-state index is -3.31. The Balaban J connectivity index is 2.56. The van der Waals surface area contributed by atoms with Crippen molar-refractivity contribution in [1.29, 1.82) is 0 Å². The molecule has 8 nitrogen and oxygen atoms in total. The smallest absolute Gasteiger partial charge is 0.251 e. The summed E-state index contributed by atoms with van der Waals surface area (Å²) in [4.78, 5) is 15.6. The predicted molar refractivity (Wildman–Crippen MR) is 71.9 cm³/mol. The van der Waals surface area contributed by atoms with Crippen LogP contribution in [0.1, 0.15) is 10.4 Å². The molecule has 4 N–H and O–H groups in total. The Morgan fingerprint density at radius 1 is 1.47 bits per heavy atom. The summed E-state index contributed by atoms with van der Waals surface area (Å²) < 4.78 is 24.1. The van der Waals surface area contributed by atoms with Crippen molar-refractivity contribution in [3.63, 3.8) is 0 Å². The van der Waals surface area contributed by atoms with E-state index in [-0.39, 0.29) is 18.2 Å². The molecular formula is C10H17N5O3S. The van der Waals surface area contributed by atoms with Gasteiger partial charge in [0.25, 0.3) is 5.91 Å². The summed E-state index contributed by atoms with van der Waals surface area (Å²) in [5, 5.41) is 2.52. The molecule has 1 rings (SSSR count). The van der Waals surface area contributed by atoms with Crippen LogP contribution in [0.4, 0.5) is 5.82 Å². The number of anilines is 1. The first-order valence-corrected chi connectivity index (χ1v) is 7.09. The number of sulfonamides is 1. The molecule has 0 atom stereocenters. The number of nitrogens with two attached hydrogens (primary N) is 1. The lowest BCUT2D eigenvalue weighted by molar-refractivity contribution is 0.0956. The zero-order valence-electron chi connectivity index (χ0n) is 10.8. The highest BCUT2D eigenvalue weighted by molar-refractivity contribution is 7.89. The van der Waals surface area contributed by atoms with E-state index >= 15 is 0 Å². The highest BCUT2D eigenvalue weighted by Gasteiger charge is 2.14. The molecule has 19 heavy (non-hydrogen) atoms. The third-order valence-electron chi connectivity index (χ3n) is 2.37. The van der Waals surface area contributed by atoms with Gasteiger partial charge in [-0.2, -0.15) is 0 Å². The molecule has 0 aliphatic heterocycles. The summed E-state index contributed by atoms with van der Waals surface area (Å²) >= 11 is 0. The van der Waals surface area contributed by atoms with Crippen LogP contribution in [0.5, 0.6) is 0 Å². The SMILES string of the molecule is CN(C)S(=O)(=O)CCNC(=O)c1ccnc(NN)c1. The molecule has 0 fully saturated rings. The quantitative estimate of drug-likeness (QED) is 0.456. The molecule has 106 valence electrons. The molecule has 0 aromatic carbocycles. The second-order valence-corrected chi connectivity index (χ2v) is 6.23. The van der Waals surface area contributed by atoms with Crippen LogP contribution in [0.3, 0.4) is 0 Å². The van der Waals surface area contributed by atoms with E-state index in [9.17, 15) is 13.2 Å². The van der Waals surface area contributed by atoms with Crippen molar-refractivity contribution in [2.45, 2.75) is 0 Å². The van der Waals surface area contributed by atoms with Crippen molar-refractivity contribution in [2.24, 2.45) is 5.84 Å². The molecule has 1 heterocycles. The van der Waals surface area contributed by atoms with E-state index in [4.69, 9.17) is 5.84 Å². The Morgan fingerprint density at radius 2 is 2.16 bits per heavy atom. The summed E-state index contributed by atoms with van der Waals surface area (Å²) in [5.74, 6) is 5.00. The van der Waals surface area contributed by atoms with E-state index in [1.54, 1.807) is 0 Å². The van der Waals surface area contributed by atoms with Crippen molar-refractivity contribution in [2.75, 3.05) is 31.8 Å². The van der Waals surface area contributed by atoms with Crippen LogP contribution in [0.15, 0.2) is 18.3 Å². The minimum Gasteiger partial charge on any atom is -0.351 e. The van der Waals surface area contributed by atoms with Gasteiger partial charge in [0.1, 0.15) is 5.82 Å². The van der Waals surface area contributed by atoms with Crippen LogP contribution < -0.4 is 16.6 Å². The highest BCUT2D eigenvalue weighted by atomic mass is 32.2. The molecule has 0 bridgehead atoms. The van der Waals surface area contributed by atoms with E-state index in [2.05, 4.69) is 15.7 Å². The van der Waals surface area contributed by atoms with Gasteiger partial charge in [0.15, 0.2) is 0 Å². The second-order valence-electron chi connectivity index (χ2n) is 3.93. The van der Waals surface area contributed by atoms with Crippen molar-refractivity contribution < 1.29 is 13.2 Å². The maximum absolute atomic E-state index is 11.8. The molecule has 0 aliphatic carbocycles. The Kier molecular flexibility index (Phi) is 5.21. The van der Waals surface area contributed by atoms with Gasteiger partial charge in [0.2, 0.25) is 10.0 Å². The van der Waals surface area contributed by atoms with Crippen LogP contribution >= 0.6 is 0 Å². The number of rotatable bonds is 6. The summed E-state index contributed by atoms with van der Waals surface area (Å²) in [6, 6.07) is 2.98. The van der Waals surface area contributed by atoms with Crippen LogP contribution in [-0.2, 0) is 10.0 Å². The molecule has 0 saturated heterocycles. The summed E-state index contributed by atoms with van der Waals surface area (Å²) in [5.41, 5.74) is 2.68. The molecule has 0 spiro atoms. The maximum Gasteiger partial charge on any atom is 0.251 e. The zero-order chi connectivity index (χ0) is 14.5. The standard InChI is InChI=1S/C10H17N5O3S/c1-15(2)19(17,18)6-5-13-10(16)8-3-4-12-9(7-8)14-11/h3-4,7H,5-6,11H2,1-2H3,(H,12,14)(H,13,16). The Morgan fingerprint density at radius 3 is 2.74 bits per heavy atom. The number of nitrogen functional groups attached to an aromatic ring is 1. The third kappa shape index (κ3) is 4.47. The van der Waals surface area contributed by atoms with Crippen LogP contribution in [0, 0.1) is 0 Å². The Hall–Kier alpha value is -1.71. The van der Waals surface area contributed by atoms with Gasteiger partial charge < -0.3 is 10.7 Å². The number of hydrazine groups is 1. The van der Waals surface area contributed by atoms with E-state index in [1.807, 2.05) is 0 Å². The van der Waals surface area contributed by atoms with Gasteiger partial charge in [-0.15, -0.1) is 0 Å². The van der Waals surface area contributed by atoms with Crippen molar-refractivity contribution in [3.05, 3.63) is 23.9 Å². The first-order valence-electron chi connectivity index (χ1n) is 5.48. The van der Waals surface area contributed by atoms with Crippen LogP contribution in [0.2, 0.25) is 0 Å². The van der Waals surface area contributed by atoms with Gasteiger partial charge in [0.05, 0.1) is 5.75 Å². The molecule has 1 aromatic heterocycles. The summed E-state index contributed by atoms with van der Waals surface area (Å²) in [6.07, 6.45) is 1.43. The number of amides is 1. The Labute approximate surface area is 112 Å². The lowest BCUT2D eigenvalue weighted by atomic mass is 10.2. The predicted octanol–water partition coefficient (Wildman–Crippen LogP) is -1.01. The first-order chi connectivity index (χ1) is 8.86. The molecule has 0 aliphatic rings. The molecule has 0 unspecified atom stereocenters. The van der Waals surface area contributed by atoms with E-state index in [1.165, 1.54) is 32.4 Å². The lowest BCUT2D eigenvalue weighted by Gasteiger charge is -2.11. The number of nitrogens with one attached hydrogen (secondary N) is 2. The number of nitrogens with zero attached hydrogens (tertiary/aromatic N) is 2. The number of carbonyl (C=O) groups is 1. The van der Waals surface area contributed by atoms with Crippen molar-refractivity contribution in [3.8, 4) is 0 Å². The molecule has 9 heteroatoms. The van der Waals surface area contributed by atoms with Gasteiger partial charge in [0, 0.05) is 32.4 Å². The topological polar surface area (TPSA) is 117 Å². The summed E-state index contributed by atoms with van der Waals surface area (Å²) in [7, 11) is -0.428. The molecule has 0 saturated carbocycles. The van der Waals surface area contributed by atoms with E-state index < -0.39 is 10.0 Å². The van der Waals surface area contributed by atoms with Crippen LogP contribution in [-0.4, -0.2) is 50.0 Å². The van der Waals surface area contributed by atoms with Gasteiger partial charge >= 0.3 is 0 Å². The van der Waals surface area contributed by atoms with Gasteiger partial charge in [-0.3, -0.25) is 4.79 Å².